The fourth-order valence-corrected chi connectivity index (χ4v) is 0.756. The van der Waals surface area contributed by atoms with Gasteiger partial charge in [-0.1, -0.05) is 0 Å². The molecule has 0 radical (unpaired) electrons. The zero-order valence-electron chi connectivity index (χ0n) is 7.08. The minimum Gasteiger partial charge on any atom is -0.463 e. The van der Waals surface area contributed by atoms with Crippen LogP contribution in [0, 0.1) is 11.8 Å². The van der Waals surface area contributed by atoms with Gasteiger partial charge in [-0.25, -0.2) is 14.2 Å². The van der Waals surface area contributed by atoms with Crippen molar-refractivity contribution in [3.63, 3.8) is 0 Å². The van der Waals surface area contributed by atoms with E-state index in [1.165, 1.54) is 0 Å². The van der Waals surface area contributed by atoms with E-state index in [0.717, 1.165) is 13.3 Å². The number of hydrogen-bond acceptors (Lipinski definition) is 4. The summed E-state index contributed by atoms with van der Waals surface area (Å²) in [5.41, 5.74) is -0.351. The van der Waals surface area contributed by atoms with E-state index in [-0.39, 0.29) is 5.56 Å². The van der Waals surface area contributed by atoms with Crippen molar-refractivity contribution in [2.45, 2.75) is 0 Å². The molecule has 0 bridgehead atoms. The number of rotatable bonds is 2. The van der Waals surface area contributed by atoms with Gasteiger partial charge < -0.3 is 4.74 Å². The Kier molecular flexibility index (Phi) is 2.85. The number of esters is 1. The fourth-order valence-electron chi connectivity index (χ4n) is 0.756. The van der Waals surface area contributed by atoms with Gasteiger partial charge in [0.15, 0.2) is 5.82 Å². The normalized spacial score (nSPS) is 9.64. The maximum absolute atomic E-state index is 12.6. The Morgan fingerprint density at radius 2 is 2.07 bits per heavy atom. The number of ether oxygens (including phenoxy) is 1. The maximum atomic E-state index is 12.6. The number of Topliss-reactive ketones (excluding diaryl/α,β-unsaturated/α-hetero) is 1. The summed E-state index contributed by atoms with van der Waals surface area (Å²) in [5, 5.41) is 0. The van der Waals surface area contributed by atoms with Gasteiger partial charge in [0, 0.05) is 6.20 Å². The van der Waals surface area contributed by atoms with Crippen LogP contribution in [0.25, 0.3) is 0 Å². The van der Waals surface area contributed by atoms with Crippen LogP contribution in [-0.4, -0.2) is 23.8 Å². The lowest BCUT2D eigenvalue weighted by Crippen LogP contribution is -2.16. The molecule has 0 N–H and O–H groups in total. The van der Waals surface area contributed by atoms with E-state index in [0.29, 0.717) is 6.07 Å². The highest BCUT2D eigenvalue weighted by atomic mass is 19.2. The molecule has 0 saturated carbocycles. The van der Waals surface area contributed by atoms with Crippen molar-refractivity contribution in [2.24, 2.45) is 0 Å². The summed E-state index contributed by atoms with van der Waals surface area (Å²) in [6, 6.07) is 0.585. The van der Waals surface area contributed by atoms with E-state index in [2.05, 4.69) is 9.72 Å². The molecule has 0 aliphatic carbocycles. The van der Waals surface area contributed by atoms with Gasteiger partial charge in [-0.3, -0.25) is 4.79 Å². The predicted octanol–water partition coefficient (Wildman–Crippen LogP) is 0.715. The maximum Gasteiger partial charge on any atom is 0.379 e. The van der Waals surface area contributed by atoms with E-state index < -0.39 is 23.5 Å². The molecule has 0 aliphatic rings. The number of aromatic nitrogens is 1. The number of halogens is 2. The molecule has 14 heavy (non-hydrogen) atoms. The van der Waals surface area contributed by atoms with Gasteiger partial charge >= 0.3 is 5.97 Å². The Morgan fingerprint density at radius 3 is 2.57 bits per heavy atom. The molecule has 0 unspecified atom stereocenters. The molecule has 74 valence electrons. The molecule has 6 heteroatoms. The van der Waals surface area contributed by atoms with Gasteiger partial charge in [-0.05, 0) is 6.07 Å². The predicted molar refractivity (Wildman–Crippen MR) is 40.5 cm³/mol. The van der Waals surface area contributed by atoms with E-state index in [1.807, 2.05) is 0 Å². The van der Waals surface area contributed by atoms with Gasteiger partial charge in [-0.15, -0.1) is 0 Å². The van der Waals surface area contributed by atoms with Crippen LogP contribution in [0.4, 0.5) is 8.78 Å². The number of hydrogen-bond donors (Lipinski definition) is 0. The second-order valence-corrected chi connectivity index (χ2v) is 2.32. The Morgan fingerprint density at radius 1 is 1.43 bits per heavy atom. The number of methoxy groups -OCH3 is 1. The first-order valence-electron chi connectivity index (χ1n) is 3.50. The molecule has 0 saturated heterocycles. The molecule has 1 aromatic heterocycles. The summed E-state index contributed by atoms with van der Waals surface area (Å²) in [4.78, 5) is 24.7. The molecule has 0 aromatic carbocycles. The number of nitrogens with zero attached hydrogens (tertiary/aromatic N) is 1. The largest absolute Gasteiger partial charge is 0.463 e. The first kappa shape index (κ1) is 10.2. The lowest BCUT2D eigenvalue weighted by Gasteiger charge is -1.98. The molecular formula is C8H5F2NO3. The molecule has 0 atom stereocenters. The molecule has 0 fully saturated rings. The molecule has 0 spiro atoms. The lowest BCUT2D eigenvalue weighted by molar-refractivity contribution is -0.135. The van der Waals surface area contributed by atoms with Crippen LogP contribution < -0.4 is 0 Å². The molecule has 0 amide bonds. The first-order chi connectivity index (χ1) is 6.56. The quantitative estimate of drug-likeness (QED) is 0.306. The highest BCUT2D eigenvalue weighted by Gasteiger charge is 2.18. The van der Waals surface area contributed by atoms with Crippen LogP contribution in [0.5, 0.6) is 0 Å². The van der Waals surface area contributed by atoms with Gasteiger partial charge in [0.2, 0.25) is 5.95 Å². The summed E-state index contributed by atoms with van der Waals surface area (Å²) in [6.45, 7) is 0. The third-order valence-electron chi connectivity index (χ3n) is 1.43. The summed E-state index contributed by atoms with van der Waals surface area (Å²) < 4.78 is 29.0. The second-order valence-electron chi connectivity index (χ2n) is 2.32. The molecule has 4 nitrogen and oxygen atoms in total. The van der Waals surface area contributed by atoms with E-state index in [4.69, 9.17) is 0 Å². The van der Waals surface area contributed by atoms with Gasteiger partial charge in [0.25, 0.3) is 5.78 Å². The Bertz CT molecular complexity index is 392. The van der Waals surface area contributed by atoms with E-state index in [9.17, 15) is 18.4 Å². The zero-order chi connectivity index (χ0) is 10.7. The number of pyridine rings is 1. The van der Waals surface area contributed by atoms with Crippen molar-refractivity contribution in [3.8, 4) is 0 Å². The highest BCUT2D eigenvalue weighted by molar-refractivity contribution is 6.40. The minimum atomic E-state index is -1.33. The van der Waals surface area contributed by atoms with Gasteiger partial charge in [-0.2, -0.15) is 4.39 Å². The average Bonchev–Trinajstić information content (AvgIpc) is 2.20. The van der Waals surface area contributed by atoms with Crippen LogP contribution in [0.3, 0.4) is 0 Å². The zero-order valence-corrected chi connectivity index (χ0v) is 7.08. The van der Waals surface area contributed by atoms with Crippen molar-refractivity contribution < 1.29 is 23.1 Å². The van der Waals surface area contributed by atoms with Crippen molar-refractivity contribution >= 4 is 11.8 Å². The molecule has 1 rings (SSSR count). The topological polar surface area (TPSA) is 56.3 Å². The van der Waals surface area contributed by atoms with Crippen molar-refractivity contribution in [2.75, 3.05) is 7.11 Å². The summed E-state index contributed by atoms with van der Waals surface area (Å²) in [7, 11) is 1.01. The molecule has 0 aliphatic heterocycles. The fraction of sp³-hybridized carbons (Fsp3) is 0.125. The second kappa shape index (κ2) is 3.91. The van der Waals surface area contributed by atoms with E-state index >= 15 is 0 Å². The average molecular weight is 201 g/mol. The Labute approximate surface area is 77.5 Å². The molecular weight excluding hydrogens is 196 g/mol. The standard InChI is InChI=1S/C8H5F2NO3/c1-14-8(13)6(12)4-2-5(9)7(10)11-3-4/h2-3H,1H3. The summed E-state index contributed by atoms with van der Waals surface area (Å²) in [5.74, 6) is -4.84. The number of carbonyl (C=O) groups excluding carboxylic acids is 2. The van der Waals surface area contributed by atoms with Crippen LogP contribution in [0.2, 0.25) is 0 Å². The van der Waals surface area contributed by atoms with Crippen LogP contribution in [-0.2, 0) is 9.53 Å². The Hall–Kier alpha value is -1.85. The van der Waals surface area contributed by atoms with Gasteiger partial charge in [0.05, 0.1) is 12.7 Å². The molecule has 1 aromatic rings. The number of carbonyl (C=O) groups is 2. The molecule has 1 heterocycles. The minimum absolute atomic E-state index is 0.351. The summed E-state index contributed by atoms with van der Waals surface area (Å²) >= 11 is 0. The number of ketones is 1. The van der Waals surface area contributed by atoms with Crippen molar-refractivity contribution in [1.29, 1.82) is 0 Å². The monoisotopic (exact) mass is 201 g/mol. The third kappa shape index (κ3) is 1.90. The third-order valence-corrected chi connectivity index (χ3v) is 1.43. The van der Waals surface area contributed by atoms with E-state index in [1.54, 1.807) is 0 Å². The summed E-state index contributed by atoms with van der Waals surface area (Å²) in [6.07, 6.45) is 0.762. The van der Waals surface area contributed by atoms with Gasteiger partial charge in [0.1, 0.15) is 0 Å². The van der Waals surface area contributed by atoms with Crippen LogP contribution in [0.15, 0.2) is 12.3 Å². The van der Waals surface area contributed by atoms with Crippen LogP contribution >= 0.6 is 0 Å². The SMILES string of the molecule is COC(=O)C(=O)c1cnc(F)c(F)c1. The Balaban J connectivity index is 3.03. The smallest absolute Gasteiger partial charge is 0.379 e. The van der Waals surface area contributed by atoms with Crippen molar-refractivity contribution in [3.05, 3.63) is 29.6 Å². The highest BCUT2D eigenvalue weighted by Crippen LogP contribution is 2.06. The van der Waals surface area contributed by atoms with Crippen molar-refractivity contribution in [1.82, 2.24) is 4.98 Å². The first-order valence-corrected chi connectivity index (χ1v) is 3.50. The lowest BCUT2D eigenvalue weighted by atomic mass is 10.2. The van der Waals surface area contributed by atoms with Crippen LogP contribution in [0.1, 0.15) is 10.4 Å².